The Morgan fingerprint density at radius 2 is 1.92 bits per heavy atom. The average Bonchev–Trinajstić information content (AvgIpc) is 2.62. The third kappa shape index (κ3) is 5.54. The van der Waals surface area contributed by atoms with E-state index in [2.05, 4.69) is 33.0 Å². The molecule has 4 nitrogen and oxygen atoms in total. The predicted octanol–water partition coefficient (Wildman–Crippen LogP) is 3.57. The average molecular weight is 406 g/mol. The molecule has 1 N–H and O–H groups in total. The van der Waals surface area contributed by atoms with Crippen molar-refractivity contribution in [2.24, 2.45) is 0 Å². The molecule has 1 fully saturated rings. The zero-order chi connectivity index (χ0) is 17.6. The van der Waals surface area contributed by atoms with Gasteiger partial charge in [0.2, 0.25) is 0 Å². The van der Waals surface area contributed by atoms with Crippen LogP contribution in [0.3, 0.4) is 0 Å². The molecule has 134 valence electrons. The molecule has 2 aromatic rings. The van der Waals surface area contributed by atoms with Gasteiger partial charge >= 0.3 is 0 Å². The molecule has 25 heavy (non-hydrogen) atoms. The van der Waals surface area contributed by atoms with Gasteiger partial charge in [-0.05, 0) is 36.8 Å². The Balaban J connectivity index is 1.48. The van der Waals surface area contributed by atoms with Crippen molar-refractivity contribution in [3.63, 3.8) is 0 Å². The molecule has 2 unspecified atom stereocenters. The van der Waals surface area contributed by atoms with Crippen molar-refractivity contribution in [1.29, 1.82) is 0 Å². The lowest BCUT2D eigenvalue weighted by Gasteiger charge is -2.34. The summed E-state index contributed by atoms with van der Waals surface area (Å²) in [4.78, 5) is 2.24. The first-order valence-corrected chi connectivity index (χ1v) is 9.36. The number of hydrogen-bond donors (Lipinski definition) is 1. The van der Waals surface area contributed by atoms with E-state index in [1.54, 1.807) is 0 Å². The van der Waals surface area contributed by atoms with Gasteiger partial charge in [-0.1, -0.05) is 45.8 Å². The summed E-state index contributed by atoms with van der Waals surface area (Å²) in [7, 11) is 0. The zero-order valence-electron chi connectivity index (χ0n) is 14.4. The lowest BCUT2D eigenvalue weighted by molar-refractivity contribution is -0.0459. The predicted molar refractivity (Wildman–Crippen MR) is 102 cm³/mol. The highest BCUT2D eigenvalue weighted by Crippen LogP contribution is 2.24. The number of aryl methyl sites for hydroxylation is 1. The van der Waals surface area contributed by atoms with Crippen LogP contribution in [-0.2, 0) is 4.74 Å². The van der Waals surface area contributed by atoms with Crippen LogP contribution in [0.15, 0.2) is 53.0 Å². The lowest BCUT2D eigenvalue weighted by Crippen LogP contribution is -2.43. The molecule has 0 aliphatic carbocycles. The largest absolute Gasteiger partial charge is 0.491 e. The van der Waals surface area contributed by atoms with Crippen molar-refractivity contribution >= 4 is 15.9 Å². The minimum Gasteiger partial charge on any atom is -0.491 e. The Kier molecular flexibility index (Phi) is 6.48. The van der Waals surface area contributed by atoms with Crippen molar-refractivity contribution in [3.05, 3.63) is 64.1 Å². The van der Waals surface area contributed by atoms with Gasteiger partial charge in [0.05, 0.1) is 12.7 Å². The van der Waals surface area contributed by atoms with Crippen LogP contribution in [0.1, 0.15) is 17.2 Å². The zero-order valence-corrected chi connectivity index (χ0v) is 16.0. The van der Waals surface area contributed by atoms with Crippen LogP contribution in [0.2, 0.25) is 0 Å². The highest BCUT2D eigenvalue weighted by molar-refractivity contribution is 9.10. The molecule has 1 saturated heterocycles. The third-order valence-electron chi connectivity index (χ3n) is 4.32. The smallest absolute Gasteiger partial charge is 0.119 e. The number of rotatable bonds is 6. The summed E-state index contributed by atoms with van der Waals surface area (Å²) in [5, 5.41) is 10.3. The highest BCUT2D eigenvalue weighted by Gasteiger charge is 2.23. The Labute approximate surface area is 157 Å². The number of β-amino-alcohol motifs (C(OH)–C–C–N with tert-alkyl or cyclic N) is 1. The summed E-state index contributed by atoms with van der Waals surface area (Å²) in [5.41, 5.74) is 2.36. The van der Waals surface area contributed by atoms with Crippen molar-refractivity contribution < 1.29 is 14.6 Å². The molecule has 3 rings (SSSR count). The standard InChI is InChI=1S/C20H24BrNO3/c1-15-2-8-19(9-3-15)25-14-18(23)12-22-10-11-24-20(13-22)16-4-6-17(21)7-5-16/h2-9,18,20,23H,10-14H2,1H3. The molecule has 5 heteroatoms. The number of halogens is 1. The topological polar surface area (TPSA) is 41.9 Å². The fourth-order valence-electron chi connectivity index (χ4n) is 2.93. The van der Waals surface area contributed by atoms with Crippen molar-refractivity contribution in [1.82, 2.24) is 4.90 Å². The quantitative estimate of drug-likeness (QED) is 0.797. The number of hydrogen-bond acceptors (Lipinski definition) is 4. The monoisotopic (exact) mass is 405 g/mol. The number of morpholine rings is 1. The van der Waals surface area contributed by atoms with Gasteiger partial charge in [-0.15, -0.1) is 0 Å². The Bertz CT molecular complexity index is 660. The second-order valence-electron chi connectivity index (χ2n) is 6.45. The van der Waals surface area contributed by atoms with Crippen molar-refractivity contribution in [2.45, 2.75) is 19.1 Å². The summed E-state index contributed by atoms with van der Waals surface area (Å²) in [5.74, 6) is 0.791. The molecular formula is C20H24BrNO3. The van der Waals surface area contributed by atoms with Gasteiger partial charge in [0, 0.05) is 24.1 Å². The van der Waals surface area contributed by atoms with Gasteiger partial charge in [0.15, 0.2) is 0 Å². The molecule has 0 amide bonds. The summed E-state index contributed by atoms with van der Waals surface area (Å²) < 4.78 is 12.6. The van der Waals surface area contributed by atoms with E-state index >= 15 is 0 Å². The van der Waals surface area contributed by atoms with Crippen LogP contribution < -0.4 is 4.74 Å². The summed E-state index contributed by atoms with van der Waals surface area (Å²) in [6, 6.07) is 16.1. The molecule has 1 aliphatic rings. The lowest BCUT2D eigenvalue weighted by atomic mass is 10.1. The summed E-state index contributed by atoms with van der Waals surface area (Å²) in [6.07, 6.45) is -0.475. The van der Waals surface area contributed by atoms with E-state index in [4.69, 9.17) is 9.47 Å². The van der Waals surface area contributed by atoms with E-state index in [9.17, 15) is 5.11 Å². The maximum Gasteiger partial charge on any atom is 0.119 e. The number of nitrogens with zero attached hydrogens (tertiary/aromatic N) is 1. The van der Waals surface area contributed by atoms with E-state index in [0.717, 1.165) is 23.3 Å². The van der Waals surface area contributed by atoms with Crippen LogP contribution in [0, 0.1) is 6.92 Å². The molecule has 0 spiro atoms. The molecule has 2 atom stereocenters. The fraction of sp³-hybridized carbons (Fsp3) is 0.400. The van der Waals surface area contributed by atoms with Gasteiger partial charge in [-0.2, -0.15) is 0 Å². The Morgan fingerprint density at radius 1 is 1.20 bits per heavy atom. The fourth-order valence-corrected chi connectivity index (χ4v) is 3.19. The molecular weight excluding hydrogens is 382 g/mol. The highest BCUT2D eigenvalue weighted by atomic mass is 79.9. The minimum atomic E-state index is -0.523. The van der Waals surface area contributed by atoms with E-state index in [1.807, 2.05) is 43.3 Å². The molecule has 0 bridgehead atoms. The number of benzene rings is 2. The van der Waals surface area contributed by atoms with Gasteiger partial charge in [-0.25, -0.2) is 0 Å². The number of ether oxygens (including phenoxy) is 2. The molecule has 1 aliphatic heterocycles. The van der Waals surface area contributed by atoms with Crippen LogP contribution in [0.4, 0.5) is 0 Å². The first-order chi connectivity index (χ1) is 12.1. The molecule has 0 radical (unpaired) electrons. The Hall–Kier alpha value is -1.40. The number of aliphatic hydroxyl groups excluding tert-OH is 1. The van der Waals surface area contributed by atoms with E-state index < -0.39 is 6.10 Å². The molecule has 1 heterocycles. The van der Waals surface area contributed by atoms with Crippen molar-refractivity contribution in [3.8, 4) is 5.75 Å². The van der Waals surface area contributed by atoms with Crippen molar-refractivity contribution in [2.75, 3.05) is 32.8 Å². The van der Waals surface area contributed by atoms with Crippen LogP contribution in [0.25, 0.3) is 0 Å². The third-order valence-corrected chi connectivity index (χ3v) is 4.85. The Morgan fingerprint density at radius 3 is 2.64 bits per heavy atom. The van der Waals surface area contributed by atoms with Crippen LogP contribution in [0.5, 0.6) is 5.75 Å². The molecule has 0 saturated carbocycles. The van der Waals surface area contributed by atoms with E-state index in [-0.39, 0.29) is 6.10 Å². The van der Waals surface area contributed by atoms with E-state index in [1.165, 1.54) is 11.1 Å². The SMILES string of the molecule is Cc1ccc(OCC(O)CN2CCOC(c3ccc(Br)cc3)C2)cc1. The van der Waals surface area contributed by atoms with E-state index in [0.29, 0.717) is 19.8 Å². The maximum atomic E-state index is 10.3. The van der Waals surface area contributed by atoms with Gasteiger partial charge in [0.25, 0.3) is 0 Å². The van der Waals surface area contributed by atoms with Crippen LogP contribution >= 0.6 is 15.9 Å². The van der Waals surface area contributed by atoms with Gasteiger partial charge in [0.1, 0.15) is 18.5 Å². The normalized spacial score (nSPS) is 19.6. The van der Waals surface area contributed by atoms with Gasteiger partial charge < -0.3 is 14.6 Å². The molecule has 0 aromatic heterocycles. The summed E-state index contributed by atoms with van der Waals surface area (Å²) in [6.45, 7) is 5.20. The maximum absolute atomic E-state index is 10.3. The summed E-state index contributed by atoms with van der Waals surface area (Å²) >= 11 is 3.46. The second-order valence-corrected chi connectivity index (χ2v) is 7.36. The minimum absolute atomic E-state index is 0.0482. The second kappa shape index (κ2) is 8.81. The first-order valence-electron chi connectivity index (χ1n) is 8.57. The van der Waals surface area contributed by atoms with Gasteiger partial charge in [-0.3, -0.25) is 4.90 Å². The van der Waals surface area contributed by atoms with Crippen LogP contribution in [-0.4, -0.2) is 49.0 Å². The number of aliphatic hydroxyl groups is 1. The first kappa shape index (κ1) is 18.4. The molecule has 2 aromatic carbocycles.